The van der Waals surface area contributed by atoms with Gasteiger partial charge in [-0.3, -0.25) is 0 Å². The molecular formula is C24H34FNO2. The van der Waals surface area contributed by atoms with Crippen LogP contribution in [0, 0.1) is 12.7 Å². The van der Waals surface area contributed by atoms with Crippen LogP contribution in [-0.4, -0.2) is 52.5 Å². The van der Waals surface area contributed by atoms with Crippen molar-refractivity contribution in [3.05, 3.63) is 59.4 Å². The van der Waals surface area contributed by atoms with Crippen LogP contribution >= 0.6 is 0 Å². The summed E-state index contributed by atoms with van der Waals surface area (Å²) in [5.74, 6) is -0.0106. The SMILES string of the molecule is COCCCCC(COCCN(C)C)c1cccc(F)c1-c1cccc(C)c1. The Bertz CT molecular complexity index is 718. The first-order valence-corrected chi connectivity index (χ1v) is 10.1. The lowest BCUT2D eigenvalue weighted by Crippen LogP contribution is -2.20. The molecule has 0 saturated heterocycles. The van der Waals surface area contributed by atoms with E-state index in [-0.39, 0.29) is 11.7 Å². The molecule has 0 spiro atoms. The molecule has 0 aliphatic carbocycles. The van der Waals surface area contributed by atoms with E-state index in [4.69, 9.17) is 9.47 Å². The highest BCUT2D eigenvalue weighted by molar-refractivity contribution is 5.69. The van der Waals surface area contributed by atoms with E-state index in [2.05, 4.69) is 17.0 Å². The van der Waals surface area contributed by atoms with Gasteiger partial charge in [-0.1, -0.05) is 48.4 Å². The van der Waals surface area contributed by atoms with Crippen molar-refractivity contribution in [1.82, 2.24) is 4.90 Å². The Morgan fingerprint density at radius 3 is 2.54 bits per heavy atom. The van der Waals surface area contributed by atoms with Gasteiger partial charge in [-0.05, 0) is 51.1 Å². The molecule has 0 amide bonds. The van der Waals surface area contributed by atoms with Crippen LogP contribution in [0.3, 0.4) is 0 Å². The minimum Gasteiger partial charge on any atom is -0.385 e. The highest BCUT2D eigenvalue weighted by atomic mass is 19.1. The van der Waals surface area contributed by atoms with Crippen LogP contribution in [0.25, 0.3) is 11.1 Å². The van der Waals surface area contributed by atoms with E-state index < -0.39 is 0 Å². The molecule has 1 unspecified atom stereocenters. The molecule has 2 aromatic rings. The predicted molar refractivity (Wildman–Crippen MR) is 114 cm³/mol. The van der Waals surface area contributed by atoms with Crippen LogP contribution in [0.2, 0.25) is 0 Å². The fourth-order valence-electron chi connectivity index (χ4n) is 3.42. The average Bonchev–Trinajstić information content (AvgIpc) is 2.66. The quantitative estimate of drug-likeness (QED) is 0.463. The molecule has 0 saturated carbocycles. The molecule has 0 aliphatic rings. The number of likely N-dealkylation sites (N-methyl/N-ethyl adjacent to an activating group) is 1. The first-order valence-electron chi connectivity index (χ1n) is 10.1. The number of benzene rings is 2. The third-order valence-electron chi connectivity index (χ3n) is 4.95. The highest BCUT2D eigenvalue weighted by Crippen LogP contribution is 2.35. The Kier molecular flexibility index (Phi) is 9.62. The fraction of sp³-hybridized carbons (Fsp3) is 0.500. The maximum Gasteiger partial charge on any atom is 0.131 e. The van der Waals surface area contributed by atoms with E-state index in [1.807, 2.05) is 45.3 Å². The number of hydrogen-bond acceptors (Lipinski definition) is 3. The summed E-state index contributed by atoms with van der Waals surface area (Å²) >= 11 is 0. The Morgan fingerprint density at radius 2 is 1.82 bits per heavy atom. The third kappa shape index (κ3) is 7.01. The molecule has 2 rings (SSSR count). The molecule has 0 heterocycles. The van der Waals surface area contributed by atoms with E-state index in [0.717, 1.165) is 49.1 Å². The van der Waals surface area contributed by atoms with E-state index in [9.17, 15) is 4.39 Å². The number of nitrogens with zero attached hydrogens (tertiary/aromatic N) is 1. The smallest absolute Gasteiger partial charge is 0.131 e. The van der Waals surface area contributed by atoms with Gasteiger partial charge in [-0.2, -0.15) is 0 Å². The minimum absolute atomic E-state index is 0.158. The number of unbranched alkanes of at least 4 members (excludes halogenated alkanes) is 1. The first kappa shape index (κ1) is 22.5. The number of halogens is 1. The summed E-state index contributed by atoms with van der Waals surface area (Å²) < 4.78 is 26.1. The van der Waals surface area contributed by atoms with Gasteiger partial charge in [0.1, 0.15) is 5.82 Å². The summed E-state index contributed by atoms with van der Waals surface area (Å²) in [6.07, 6.45) is 2.98. The summed E-state index contributed by atoms with van der Waals surface area (Å²) in [5, 5.41) is 0. The maximum absolute atomic E-state index is 14.9. The van der Waals surface area contributed by atoms with Crippen LogP contribution in [0.1, 0.15) is 36.3 Å². The normalized spacial score (nSPS) is 12.5. The van der Waals surface area contributed by atoms with Crippen LogP contribution < -0.4 is 0 Å². The summed E-state index contributed by atoms with van der Waals surface area (Å²) in [4.78, 5) is 2.11. The largest absolute Gasteiger partial charge is 0.385 e. The van der Waals surface area contributed by atoms with Gasteiger partial charge in [0.25, 0.3) is 0 Å². The van der Waals surface area contributed by atoms with Gasteiger partial charge in [0.2, 0.25) is 0 Å². The highest BCUT2D eigenvalue weighted by Gasteiger charge is 2.19. The van der Waals surface area contributed by atoms with Gasteiger partial charge >= 0.3 is 0 Å². The zero-order chi connectivity index (χ0) is 20.4. The zero-order valence-electron chi connectivity index (χ0n) is 17.7. The van der Waals surface area contributed by atoms with Crippen LogP contribution in [-0.2, 0) is 9.47 Å². The summed E-state index contributed by atoms with van der Waals surface area (Å²) in [5.41, 5.74) is 3.81. The minimum atomic E-state index is -0.168. The number of ether oxygens (including phenoxy) is 2. The Balaban J connectivity index is 2.26. The zero-order valence-corrected chi connectivity index (χ0v) is 17.7. The molecule has 2 aromatic carbocycles. The van der Waals surface area contributed by atoms with Crippen molar-refractivity contribution < 1.29 is 13.9 Å². The second kappa shape index (κ2) is 11.9. The second-order valence-corrected chi connectivity index (χ2v) is 7.64. The van der Waals surface area contributed by atoms with Crippen molar-refractivity contribution in [1.29, 1.82) is 0 Å². The van der Waals surface area contributed by atoms with Crippen molar-refractivity contribution in [2.24, 2.45) is 0 Å². The summed E-state index contributed by atoms with van der Waals surface area (Å²) in [7, 11) is 5.80. The Labute approximate surface area is 169 Å². The summed E-state index contributed by atoms with van der Waals surface area (Å²) in [6.45, 7) is 4.95. The molecule has 0 radical (unpaired) electrons. The van der Waals surface area contributed by atoms with Gasteiger partial charge in [-0.15, -0.1) is 0 Å². The predicted octanol–water partition coefficient (Wildman–Crippen LogP) is 5.28. The van der Waals surface area contributed by atoms with Gasteiger partial charge < -0.3 is 14.4 Å². The van der Waals surface area contributed by atoms with E-state index in [1.165, 1.54) is 0 Å². The lowest BCUT2D eigenvalue weighted by Gasteiger charge is -2.22. The van der Waals surface area contributed by atoms with Gasteiger partial charge in [-0.25, -0.2) is 4.39 Å². The van der Waals surface area contributed by atoms with Crippen LogP contribution in [0.15, 0.2) is 42.5 Å². The molecule has 4 heteroatoms. The van der Waals surface area contributed by atoms with Gasteiger partial charge in [0, 0.05) is 31.7 Å². The van der Waals surface area contributed by atoms with Crippen LogP contribution in [0.4, 0.5) is 4.39 Å². The molecule has 154 valence electrons. The van der Waals surface area contributed by atoms with Gasteiger partial charge in [0.05, 0.1) is 13.2 Å². The van der Waals surface area contributed by atoms with Crippen molar-refractivity contribution in [3.63, 3.8) is 0 Å². The summed E-state index contributed by atoms with van der Waals surface area (Å²) in [6, 6.07) is 13.5. The number of aryl methyl sites for hydroxylation is 1. The average molecular weight is 388 g/mol. The monoisotopic (exact) mass is 387 g/mol. The van der Waals surface area contributed by atoms with Crippen LogP contribution in [0.5, 0.6) is 0 Å². The fourth-order valence-corrected chi connectivity index (χ4v) is 3.42. The molecule has 0 aromatic heterocycles. The van der Waals surface area contributed by atoms with E-state index >= 15 is 0 Å². The molecule has 1 atom stereocenters. The van der Waals surface area contributed by atoms with Gasteiger partial charge in [0.15, 0.2) is 0 Å². The van der Waals surface area contributed by atoms with Crippen molar-refractivity contribution >= 4 is 0 Å². The molecule has 0 aliphatic heterocycles. The molecule has 0 bridgehead atoms. The van der Waals surface area contributed by atoms with Crippen molar-refractivity contribution in [3.8, 4) is 11.1 Å². The Hall–Kier alpha value is -1.75. The molecular weight excluding hydrogens is 353 g/mol. The molecule has 0 N–H and O–H groups in total. The third-order valence-corrected chi connectivity index (χ3v) is 4.95. The number of methoxy groups -OCH3 is 1. The van der Waals surface area contributed by atoms with E-state index in [1.54, 1.807) is 13.2 Å². The topological polar surface area (TPSA) is 21.7 Å². The first-order chi connectivity index (χ1) is 13.5. The number of hydrogen-bond donors (Lipinski definition) is 0. The van der Waals surface area contributed by atoms with Crippen molar-refractivity contribution in [2.75, 3.05) is 47.6 Å². The second-order valence-electron chi connectivity index (χ2n) is 7.64. The Morgan fingerprint density at radius 1 is 1.04 bits per heavy atom. The standard InChI is InChI=1S/C24H34FNO2/c1-19-9-7-11-20(17-19)24-22(12-8-13-23(24)25)21(10-5-6-15-27-4)18-28-16-14-26(2)3/h7-9,11-13,17,21H,5-6,10,14-16,18H2,1-4H3. The maximum atomic E-state index is 14.9. The molecule has 3 nitrogen and oxygen atoms in total. The number of rotatable bonds is 12. The van der Waals surface area contributed by atoms with E-state index in [0.29, 0.717) is 18.8 Å². The molecule has 28 heavy (non-hydrogen) atoms. The van der Waals surface area contributed by atoms with Crippen molar-refractivity contribution in [2.45, 2.75) is 32.1 Å². The lowest BCUT2D eigenvalue weighted by atomic mass is 9.87. The lowest BCUT2D eigenvalue weighted by molar-refractivity contribution is 0.102. The molecule has 0 fully saturated rings.